The lowest BCUT2D eigenvalue weighted by Crippen LogP contribution is -2.52. The number of carbonyl (C=O) groups excluding carboxylic acids is 3. The maximum Gasteiger partial charge on any atom is 0.255 e. The van der Waals surface area contributed by atoms with E-state index in [-0.39, 0.29) is 18.2 Å². The third kappa shape index (κ3) is 1.92. The Morgan fingerprint density at radius 3 is 2.80 bits per heavy atom. The van der Waals surface area contributed by atoms with Gasteiger partial charge in [-0.15, -0.1) is 0 Å². The van der Waals surface area contributed by atoms with Crippen molar-refractivity contribution in [1.82, 2.24) is 10.2 Å². The van der Waals surface area contributed by atoms with E-state index < -0.39 is 11.9 Å². The molecule has 0 aromatic heterocycles. The maximum absolute atomic E-state index is 12.3. The van der Waals surface area contributed by atoms with Gasteiger partial charge in [0.15, 0.2) is 0 Å². The van der Waals surface area contributed by atoms with Crippen LogP contribution in [-0.4, -0.2) is 28.7 Å². The third-order valence-electron chi connectivity index (χ3n) is 3.69. The fourth-order valence-corrected chi connectivity index (χ4v) is 2.66. The highest BCUT2D eigenvalue weighted by atomic mass is 16.2. The van der Waals surface area contributed by atoms with Crippen molar-refractivity contribution in [2.75, 3.05) is 5.43 Å². The summed E-state index contributed by atoms with van der Waals surface area (Å²) in [6.07, 6.45) is 0.624. The third-order valence-corrected chi connectivity index (χ3v) is 3.69. The molecule has 1 aromatic carbocycles. The number of nitrogen functional groups attached to an aromatic ring is 1. The van der Waals surface area contributed by atoms with Gasteiger partial charge in [0.2, 0.25) is 11.8 Å². The zero-order chi connectivity index (χ0) is 14.3. The first kappa shape index (κ1) is 12.6. The molecule has 2 aliphatic heterocycles. The molecule has 2 heterocycles. The topological polar surface area (TPSA) is 105 Å². The van der Waals surface area contributed by atoms with E-state index in [1.807, 2.05) is 0 Å². The van der Waals surface area contributed by atoms with Crippen LogP contribution in [0.15, 0.2) is 18.2 Å². The van der Waals surface area contributed by atoms with Crippen LogP contribution < -0.4 is 16.6 Å². The van der Waals surface area contributed by atoms with E-state index in [0.717, 1.165) is 5.56 Å². The molecule has 3 rings (SSSR count). The van der Waals surface area contributed by atoms with Crippen LogP contribution in [0.3, 0.4) is 0 Å². The van der Waals surface area contributed by atoms with Crippen LogP contribution in [0.5, 0.6) is 0 Å². The van der Waals surface area contributed by atoms with Crippen molar-refractivity contribution in [2.45, 2.75) is 25.4 Å². The Kier molecular flexibility index (Phi) is 2.90. The van der Waals surface area contributed by atoms with Crippen LogP contribution >= 0.6 is 0 Å². The van der Waals surface area contributed by atoms with Gasteiger partial charge in [-0.25, -0.2) is 0 Å². The van der Waals surface area contributed by atoms with Gasteiger partial charge in [-0.05, 0) is 30.2 Å². The number of nitrogens with two attached hydrogens (primary N) is 1. The number of imide groups is 1. The van der Waals surface area contributed by atoms with Crippen molar-refractivity contribution in [1.29, 1.82) is 0 Å². The number of hydrazine groups is 1. The van der Waals surface area contributed by atoms with Gasteiger partial charge in [-0.3, -0.25) is 25.5 Å². The molecule has 0 radical (unpaired) electrons. The van der Waals surface area contributed by atoms with E-state index >= 15 is 0 Å². The normalized spacial score (nSPS) is 21.8. The van der Waals surface area contributed by atoms with Crippen molar-refractivity contribution in [2.24, 2.45) is 5.84 Å². The van der Waals surface area contributed by atoms with E-state index in [4.69, 9.17) is 5.84 Å². The summed E-state index contributed by atoms with van der Waals surface area (Å²) in [7, 11) is 0. The Labute approximate surface area is 115 Å². The number of anilines is 1. The average Bonchev–Trinajstić information content (AvgIpc) is 2.75. The molecular formula is C13H14N4O3. The predicted octanol–water partition coefficient (Wildman–Crippen LogP) is -0.267. The molecule has 1 aromatic rings. The molecule has 4 N–H and O–H groups in total. The summed E-state index contributed by atoms with van der Waals surface area (Å²) in [5.41, 5.74) is 4.64. The maximum atomic E-state index is 12.3. The molecule has 0 aliphatic carbocycles. The Balaban J connectivity index is 1.86. The smallest absolute Gasteiger partial charge is 0.255 e. The predicted molar refractivity (Wildman–Crippen MR) is 70.3 cm³/mol. The summed E-state index contributed by atoms with van der Waals surface area (Å²) < 4.78 is 0. The monoisotopic (exact) mass is 274 g/mol. The van der Waals surface area contributed by atoms with Crippen molar-refractivity contribution >= 4 is 23.4 Å². The number of hydrogen-bond donors (Lipinski definition) is 3. The second-order valence-electron chi connectivity index (χ2n) is 4.92. The molecule has 1 unspecified atom stereocenters. The van der Waals surface area contributed by atoms with E-state index in [1.165, 1.54) is 4.90 Å². The highest BCUT2D eigenvalue weighted by Crippen LogP contribution is 2.29. The van der Waals surface area contributed by atoms with Crippen LogP contribution in [0.4, 0.5) is 5.69 Å². The molecule has 2 aliphatic rings. The molecule has 1 fully saturated rings. The molecule has 0 spiro atoms. The molecule has 1 atom stereocenters. The number of rotatable bonds is 2. The summed E-state index contributed by atoms with van der Waals surface area (Å²) in [5, 5.41) is 2.27. The number of benzene rings is 1. The van der Waals surface area contributed by atoms with Crippen molar-refractivity contribution in [3.63, 3.8) is 0 Å². The molecule has 20 heavy (non-hydrogen) atoms. The molecule has 0 saturated carbocycles. The zero-order valence-corrected chi connectivity index (χ0v) is 10.7. The van der Waals surface area contributed by atoms with Crippen LogP contribution in [-0.2, 0) is 16.1 Å². The molecule has 7 heteroatoms. The fraction of sp³-hybridized carbons (Fsp3) is 0.308. The lowest BCUT2D eigenvalue weighted by Gasteiger charge is -2.29. The second-order valence-corrected chi connectivity index (χ2v) is 4.92. The first-order valence-electron chi connectivity index (χ1n) is 6.34. The van der Waals surface area contributed by atoms with Gasteiger partial charge in [0.1, 0.15) is 6.04 Å². The lowest BCUT2D eigenvalue weighted by atomic mass is 10.0. The Hall–Kier alpha value is -2.41. The molecule has 104 valence electrons. The van der Waals surface area contributed by atoms with Crippen LogP contribution in [0.2, 0.25) is 0 Å². The van der Waals surface area contributed by atoms with E-state index in [9.17, 15) is 14.4 Å². The van der Waals surface area contributed by atoms with Gasteiger partial charge in [0, 0.05) is 24.2 Å². The molecule has 3 amide bonds. The molecule has 7 nitrogen and oxygen atoms in total. The Morgan fingerprint density at radius 2 is 2.10 bits per heavy atom. The summed E-state index contributed by atoms with van der Waals surface area (Å²) in [6.45, 7) is 0.357. The van der Waals surface area contributed by atoms with Crippen LogP contribution in [0.1, 0.15) is 28.8 Å². The number of fused-ring (bicyclic) bond motifs is 1. The number of piperidine rings is 1. The summed E-state index contributed by atoms with van der Waals surface area (Å²) >= 11 is 0. The number of nitrogens with one attached hydrogen (secondary N) is 2. The minimum Gasteiger partial charge on any atom is -0.324 e. The quantitative estimate of drug-likeness (QED) is 0.391. The summed E-state index contributed by atoms with van der Waals surface area (Å²) in [5.74, 6) is 4.47. The van der Waals surface area contributed by atoms with Gasteiger partial charge in [0.05, 0.1) is 0 Å². The van der Waals surface area contributed by atoms with Crippen LogP contribution in [0.25, 0.3) is 0 Å². The largest absolute Gasteiger partial charge is 0.324 e. The Morgan fingerprint density at radius 1 is 1.30 bits per heavy atom. The lowest BCUT2D eigenvalue weighted by molar-refractivity contribution is -0.136. The first-order chi connectivity index (χ1) is 9.60. The van der Waals surface area contributed by atoms with Gasteiger partial charge >= 0.3 is 0 Å². The zero-order valence-electron chi connectivity index (χ0n) is 10.7. The first-order valence-corrected chi connectivity index (χ1v) is 6.34. The van der Waals surface area contributed by atoms with Gasteiger partial charge in [-0.2, -0.15) is 0 Å². The standard InChI is InChI=1S/C13H14N4O3/c14-16-8-1-2-9-7(5-8)6-17(13(9)20)10-3-4-11(18)15-12(10)19/h1-2,5,10,16H,3-4,6,14H2,(H,15,18,19). The van der Waals surface area contributed by atoms with Crippen molar-refractivity contribution in [3.8, 4) is 0 Å². The SMILES string of the molecule is NNc1ccc2c(c1)CN(C1CCC(=O)NC1=O)C2=O. The van der Waals surface area contributed by atoms with Gasteiger partial charge in [-0.1, -0.05) is 0 Å². The average molecular weight is 274 g/mol. The van der Waals surface area contributed by atoms with Gasteiger partial charge in [0.25, 0.3) is 5.91 Å². The summed E-state index contributed by atoms with van der Waals surface area (Å²) in [4.78, 5) is 36.9. The number of carbonyl (C=O) groups is 3. The van der Waals surface area contributed by atoms with E-state index in [0.29, 0.717) is 24.2 Å². The highest BCUT2D eigenvalue weighted by molar-refractivity contribution is 6.05. The van der Waals surface area contributed by atoms with Crippen molar-refractivity contribution in [3.05, 3.63) is 29.3 Å². The number of amides is 3. The second kappa shape index (κ2) is 4.61. The highest BCUT2D eigenvalue weighted by Gasteiger charge is 2.38. The minimum atomic E-state index is -0.582. The number of hydrogen-bond acceptors (Lipinski definition) is 5. The minimum absolute atomic E-state index is 0.182. The Bertz CT molecular complexity index is 614. The molecular weight excluding hydrogens is 260 g/mol. The molecule has 1 saturated heterocycles. The fourth-order valence-electron chi connectivity index (χ4n) is 2.66. The van der Waals surface area contributed by atoms with Crippen LogP contribution in [0, 0.1) is 0 Å². The van der Waals surface area contributed by atoms with E-state index in [1.54, 1.807) is 18.2 Å². The molecule has 0 bridgehead atoms. The van der Waals surface area contributed by atoms with E-state index in [2.05, 4.69) is 10.7 Å². The van der Waals surface area contributed by atoms with Gasteiger partial charge < -0.3 is 10.3 Å². The number of nitrogens with zero attached hydrogens (tertiary/aromatic N) is 1. The van der Waals surface area contributed by atoms with Crippen molar-refractivity contribution < 1.29 is 14.4 Å². The summed E-state index contributed by atoms with van der Waals surface area (Å²) in [6, 6.07) is 4.62.